The quantitative estimate of drug-likeness (QED) is 0.488. The van der Waals surface area contributed by atoms with Crippen LogP contribution in [0.2, 0.25) is 0 Å². The summed E-state index contributed by atoms with van der Waals surface area (Å²) in [6.45, 7) is 0.992. The first-order valence-electron chi connectivity index (χ1n) is 8.44. The highest BCUT2D eigenvalue weighted by Crippen LogP contribution is 2.25. The standard InChI is InChI=1S/C18H23F4N2O4/c1-17(19,16(24)27)8-7-12(15(23)26)10-13(25)6-5-11-3-2-4-14(9-11)28-18(20,21)22/h2-4,6,9,12-13,25H,5,7-8,10H2,1H3,(H2,23,26)(H2,24,27). The van der Waals surface area contributed by atoms with Gasteiger partial charge in [0.1, 0.15) is 5.75 Å². The maximum Gasteiger partial charge on any atom is 0.573 e. The number of aliphatic hydroxyl groups excluding tert-OH is 1. The number of hydrogen-bond acceptors (Lipinski definition) is 4. The van der Waals surface area contributed by atoms with Gasteiger partial charge in [-0.15, -0.1) is 13.2 Å². The molecule has 1 aromatic rings. The van der Waals surface area contributed by atoms with Gasteiger partial charge in [-0.3, -0.25) is 9.59 Å². The van der Waals surface area contributed by atoms with Crippen LogP contribution in [0.4, 0.5) is 17.6 Å². The Bertz CT molecular complexity index is 680. The zero-order valence-electron chi connectivity index (χ0n) is 15.2. The van der Waals surface area contributed by atoms with E-state index < -0.39 is 41.6 Å². The Morgan fingerprint density at radius 1 is 1.25 bits per heavy atom. The summed E-state index contributed by atoms with van der Waals surface area (Å²) in [4.78, 5) is 22.5. The molecule has 3 unspecified atom stereocenters. The number of amides is 2. The Morgan fingerprint density at radius 2 is 1.89 bits per heavy atom. The van der Waals surface area contributed by atoms with Crippen LogP contribution >= 0.6 is 0 Å². The van der Waals surface area contributed by atoms with Gasteiger partial charge >= 0.3 is 6.36 Å². The fourth-order valence-electron chi connectivity index (χ4n) is 2.47. The number of carbonyl (C=O) groups is 2. The SMILES string of the molecule is CC(F)(CCC(CC(O)[CH]Cc1cccc(OC(F)(F)F)c1)C(N)=O)C(N)=O. The number of alkyl halides is 4. The fourth-order valence-corrected chi connectivity index (χ4v) is 2.47. The van der Waals surface area contributed by atoms with Gasteiger partial charge in [0.2, 0.25) is 5.91 Å². The summed E-state index contributed by atoms with van der Waals surface area (Å²) in [6, 6.07) is 5.22. The van der Waals surface area contributed by atoms with E-state index in [0.717, 1.165) is 13.0 Å². The highest BCUT2D eigenvalue weighted by atomic mass is 19.4. The van der Waals surface area contributed by atoms with Gasteiger partial charge in [-0.05, 0) is 56.7 Å². The summed E-state index contributed by atoms with van der Waals surface area (Å²) in [5.41, 5.74) is 8.32. The lowest BCUT2D eigenvalue weighted by molar-refractivity contribution is -0.274. The van der Waals surface area contributed by atoms with Crippen LogP contribution in [-0.4, -0.2) is 35.1 Å². The lowest BCUT2D eigenvalue weighted by Gasteiger charge is -2.21. The van der Waals surface area contributed by atoms with Gasteiger partial charge in [0.05, 0.1) is 6.10 Å². The molecular formula is C18H23F4N2O4. The van der Waals surface area contributed by atoms with Crippen molar-refractivity contribution in [2.45, 2.75) is 50.7 Å². The minimum absolute atomic E-state index is 0.0922. The zero-order valence-corrected chi connectivity index (χ0v) is 15.2. The molecule has 0 aliphatic rings. The third-order valence-corrected chi connectivity index (χ3v) is 4.16. The summed E-state index contributed by atoms with van der Waals surface area (Å²) < 4.78 is 54.5. The van der Waals surface area contributed by atoms with Crippen LogP contribution in [0.5, 0.6) is 5.75 Å². The van der Waals surface area contributed by atoms with Crippen molar-refractivity contribution in [3.05, 3.63) is 36.2 Å². The Labute approximate surface area is 159 Å². The Kier molecular flexibility index (Phi) is 8.22. The lowest BCUT2D eigenvalue weighted by Crippen LogP contribution is -2.38. The summed E-state index contributed by atoms with van der Waals surface area (Å²) >= 11 is 0. The van der Waals surface area contributed by atoms with Crippen molar-refractivity contribution in [2.75, 3.05) is 0 Å². The number of carbonyl (C=O) groups excluding carboxylic acids is 2. The van der Waals surface area contributed by atoms with E-state index in [0.29, 0.717) is 5.56 Å². The van der Waals surface area contributed by atoms with Crippen molar-refractivity contribution in [3.8, 4) is 5.75 Å². The van der Waals surface area contributed by atoms with Gasteiger partial charge < -0.3 is 21.3 Å². The van der Waals surface area contributed by atoms with Gasteiger partial charge in [0, 0.05) is 5.92 Å². The van der Waals surface area contributed by atoms with Crippen molar-refractivity contribution in [3.63, 3.8) is 0 Å². The van der Waals surface area contributed by atoms with Gasteiger partial charge in [-0.1, -0.05) is 12.1 Å². The van der Waals surface area contributed by atoms with Crippen molar-refractivity contribution in [1.29, 1.82) is 0 Å². The average Bonchev–Trinajstić information content (AvgIpc) is 2.55. The summed E-state index contributed by atoms with van der Waals surface area (Å²) in [5.74, 6) is -3.23. The summed E-state index contributed by atoms with van der Waals surface area (Å²) in [6.07, 6.45) is -5.00. The van der Waals surface area contributed by atoms with Crippen LogP contribution in [0.15, 0.2) is 24.3 Å². The minimum atomic E-state index is -4.81. The van der Waals surface area contributed by atoms with E-state index in [2.05, 4.69) is 4.74 Å². The van der Waals surface area contributed by atoms with Crippen LogP contribution in [0.1, 0.15) is 31.7 Å². The number of nitrogens with two attached hydrogens (primary N) is 2. The van der Waals surface area contributed by atoms with Crippen molar-refractivity contribution >= 4 is 11.8 Å². The van der Waals surface area contributed by atoms with Gasteiger partial charge in [0.25, 0.3) is 5.91 Å². The van der Waals surface area contributed by atoms with Crippen molar-refractivity contribution in [2.24, 2.45) is 17.4 Å². The second-order valence-corrected chi connectivity index (χ2v) is 6.64. The third kappa shape index (κ3) is 8.55. The van der Waals surface area contributed by atoms with E-state index in [1.807, 2.05) is 0 Å². The molecule has 28 heavy (non-hydrogen) atoms. The second kappa shape index (κ2) is 9.72. The molecule has 10 heteroatoms. The molecule has 0 saturated carbocycles. The van der Waals surface area contributed by atoms with E-state index >= 15 is 0 Å². The fraction of sp³-hybridized carbons (Fsp3) is 0.500. The highest BCUT2D eigenvalue weighted by molar-refractivity contribution is 5.83. The van der Waals surface area contributed by atoms with E-state index in [1.165, 1.54) is 18.6 Å². The number of primary amides is 2. The predicted octanol–water partition coefficient (Wildman–Crippen LogP) is 2.18. The van der Waals surface area contributed by atoms with Crippen LogP contribution in [0.25, 0.3) is 0 Å². The third-order valence-electron chi connectivity index (χ3n) is 4.16. The monoisotopic (exact) mass is 407 g/mol. The first-order valence-corrected chi connectivity index (χ1v) is 8.44. The Balaban J connectivity index is 2.59. The largest absolute Gasteiger partial charge is 0.573 e. The summed E-state index contributed by atoms with van der Waals surface area (Å²) in [5, 5.41) is 10.1. The minimum Gasteiger partial charge on any atom is -0.406 e. The number of ether oxygens (including phenoxy) is 1. The van der Waals surface area contributed by atoms with Gasteiger partial charge in [-0.2, -0.15) is 0 Å². The predicted molar refractivity (Wildman–Crippen MR) is 92.4 cm³/mol. The molecule has 0 aliphatic heterocycles. The van der Waals surface area contributed by atoms with Crippen molar-refractivity contribution < 1.29 is 37.0 Å². The molecule has 5 N–H and O–H groups in total. The van der Waals surface area contributed by atoms with E-state index in [9.17, 15) is 32.3 Å². The number of halogens is 4. The first kappa shape index (κ1) is 23.7. The molecular weight excluding hydrogens is 384 g/mol. The topological polar surface area (TPSA) is 116 Å². The number of benzene rings is 1. The second-order valence-electron chi connectivity index (χ2n) is 6.64. The molecule has 157 valence electrons. The molecule has 0 fully saturated rings. The first-order chi connectivity index (χ1) is 12.8. The molecule has 2 amide bonds. The maximum atomic E-state index is 13.9. The molecule has 0 aliphatic carbocycles. The van der Waals surface area contributed by atoms with Gasteiger partial charge in [-0.25, -0.2) is 4.39 Å². The normalized spacial score (nSPS) is 16.1. The van der Waals surface area contributed by atoms with Crippen LogP contribution in [-0.2, 0) is 16.0 Å². The average molecular weight is 407 g/mol. The molecule has 1 aromatic carbocycles. The van der Waals surface area contributed by atoms with Crippen LogP contribution < -0.4 is 16.2 Å². The number of aliphatic hydroxyl groups is 1. The number of rotatable bonds is 11. The molecule has 0 aromatic heterocycles. The molecule has 0 spiro atoms. The maximum absolute atomic E-state index is 13.9. The molecule has 3 atom stereocenters. The molecule has 6 nitrogen and oxygen atoms in total. The summed E-state index contributed by atoms with van der Waals surface area (Å²) in [7, 11) is 0. The Morgan fingerprint density at radius 3 is 2.43 bits per heavy atom. The van der Waals surface area contributed by atoms with Crippen LogP contribution in [0.3, 0.4) is 0 Å². The van der Waals surface area contributed by atoms with Gasteiger partial charge in [0.15, 0.2) is 5.67 Å². The molecule has 1 radical (unpaired) electrons. The zero-order chi connectivity index (χ0) is 21.5. The Hall–Kier alpha value is -2.36. The van der Waals surface area contributed by atoms with Crippen molar-refractivity contribution in [1.82, 2.24) is 0 Å². The molecule has 1 rings (SSSR count). The van der Waals surface area contributed by atoms with E-state index in [-0.39, 0.29) is 25.7 Å². The molecule has 0 heterocycles. The van der Waals surface area contributed by atoms with E-state index in [1.54, 1.807) is 6.07 Å². The van der Waals surface area contributed by atoms with E-state index in [4.69, 9.17) is 11.5 Å². The highest BCUT2D eigenvalue weighted by Gasteiger charge is 2.33. The molecule has 0 saturated heterocycles. The lowest BCUT2D eigenvalue weighted by atomic mass is 9.89. The number of hydrogen-bond donors (Lipinski definition) is 3. The smallest absolute Gasteiger partial charge is 0.406 e. The molecule has 0 bridgehead atoms. The van der Waals surface area contributed by atoms with Crippen LogP contribution in [0, 0.1) is 12.3 Å².